The van der Waals surface area contributed by atoms with Gasteiger partial charge in [0.25, 0.3) is 0 Å². The van der Waals surface area contributed by atoms with Gasteiger partial charge in [0.1, 0.15) is 11.3 Å². The van der Waals surface area contributed by atoms with Gasteiger partial charge in [-0.2, -0.15) is 0 Å². The van der Waals surface area contributed by atoms with Gasteiger partial charge in [0, 0.05) is 13.2 Å². The van der Waals surface area contributed by atoms with Crippen LogP contribution in [-0.2, 0) is 19.5 Å². The molecule has 7 nitrogen and oxygen atoms in total. The van der Waals surface area contributed by atoms with Gasteiger partial charge in [0.2, 0.25) is 10.0 Å². The van der Waals surface area contributed by atoms with E-state index in [1.165, 1.54) is 32.4 Å². The van der Waals surface area contributed by atoms with Gasteiger partial charge in [-0.3, -0.25) is 0 Å². The van der Waals surface area contributed by atoms with E-state index in [9.17, 15) is 13.2 Å². The molecule has 1 aliphatic heterocycles. The van der Waals surface area contributed by atoms with Crippen LogP contribution in [0.4, 0.5) is 0 Å². The second-order valence-corrected chi connectivity index (χ2v) is 7.11. The molecule has 0 atom stereocenters. The maximum atomic E-state index is 11.9. The molecule has 8 heteroatoms. The van der Waals surface area contributed by atoms with E-state index in [4.69, 9.17) is 14.2 Å². The average molecular weight is 343 g/mol. The summed E-state index contributed by atoms with van der Waals surface area (Å²) in [4.78, 5) is 11.9. The third-order valence-electron chi connectivity index (χ3n) is 3.75. The first-order chi connectivity index (χ1) is 11.0. The molecule has 0 spiro atoms. The Kier molecular flexibility index (Phi) is 5.97. The minimum absolute atomic E-state index is 0.0150. The Morgan fingerprint density at radius 3 is 2.65 bits per heavy atom. The zero-order valence-corrected chi connectivity index (χ0v) is 14.0. The summed E-state index contributed by atoms with van der Waals surface area (Å²) in [6.45, 7) is 1.86. The lowest BCUT2D eigenvalue weighted by molar-refractivity contribution is 0.0483. The summed E-state index contributed by atoms with van der Waals surface area (Å²) < 4.78 is 41.7. The summed E-state index contributed by atoms with van der Waals surface area (Å²) in [6, 6.07) is 4.14. The van der Waals surface area contributed by atoms with Crippen LogP contribution in [0.5, 0.6) is 5.75 Å². The highest BCUT2D eigenvalue weighted by Crippen LogP contribution is 2.25. The number of carbonyl (C=O) groups excluding carboxylic acids is 1. The SMILES string of the molecule is CNS(=O)(=O)c1ccc(OCC2CCOCC2)c(C(=O)OC)c1. The molecule has 1 aromatic carbocycles. The van der Waals surface area contributed by atoms with Crippen molar-refractivity contribution >= 4 is 16.0 Å². The molecule has 0 amide bonds. The number of esters is 1. The van der Waals surface area contributed by atoms with E-state index in [0.29, 0.717) is 31.5 Å². The Hall–Kier alpha value is -1.64. The molecule has 1 aromatic rings. The summed E-state index contributed by atoms with van der Waals surface area (Å²) in [7, 11) is -1.10. The summed E-state index contributed by atoms with van der Waals surface area (Å²) in [5, 5.41) is 0. The maximum Gasteiger partial charge on any atom is 0.341 e. The average Bonchev–Trinajstić information content (AvgIpc) is 2.60. The third kappa shape index (κ3) is 4.43. The van der Waals surface area contributed by atoms with Crippen LogP contribution >= 0.6 is 0 Å². The van der Waals surface area contributed by atoms with Crippen LogP contribution in [-0.4, -0.2) is 48.4 Å². The molecular formula is C15H21NO6S. The van der Waals surface area contributed by atoms with Crippen molar-refractivity contribution in [2.24, 2.45) is 5.92 Å². The number of sulfonamides is 1. The molecule has 0 aromatic heterocycles. The molecule has 0 unspecified atom stereocenters. The van der Waals surface area contributed by atoms with Crippen LogP contribution in [0, 0.1) is 5.92 Å². The molecule has 23 heavy (non-hydrogen) atoms. The number of carbonyl (C=O) groups is 1. The van der Waals surface area contributed by atoms with Crippen molar-refractivity contribution in [2.75, 3.05) is 34.0 Å². The Morgan fingerprint density at radius 1 is 1.35 bits per heavy atom. The van der Waals surface area contributed by atoms with Gasteiger partial charge in [0.15, 0.2) is 0 Å². The van der Waals surface area contributed by atoms with Crippen molar-refractivity contribution in [2.45, 2.75) is 17.7 Å². The van der Waals surface area contributed by atoms with Crippen molar-refractivity contribution in [1.82, 2.24) is 4.72 Å². The molecule has 1 fully saturated rings. The minimum atomic E-state index is -3.64. The van der Waals surface area contributed by atoms with Gasteiger partial charge in [-0.15, -0.1) is 0 Å². The number of rotatable bonds is 6. The van der Waals surface area contributed by atoms with Crippen LogP contribution in [0.15, 0.2) is 23.1 Å². The molecule has 0 bridgehead atoms. The third-order valence-corrected chi connectivity index (χ3v) is 5.16. The molecule has 0 saturated carbocycles. The van der Waals surface area contributed by atoms with Crippen molar-refractivity contribution < 1.29 is 27.4 Å². The fraction of sp³-hybridized carbons (Fsp3) is 0.533. The molecule has 2 rings (SSSR count). The van der Waals surface area contributed by atoms with E-state index in [-0.39, 0.29) is 10.5 Å². The predicted molar refractivity (Wildman–Crippen MR) is 83.1 cm³/mol. The van der Waals surface area contributed by atoms with E-state index in [0.717, 1.165) is 12.8 Å². The molecule has 0 radical (unpaired) electrons. The van der Waals surface area contributed by atoms with Gasteiger partial charge in [-0.05, 0) is 44.0 Å². The quantitative estimate of drug-likeness (QED) is 0.780. The molecule has 1 aliphatic rings. The largest absolute Gasteiger partial charge is 0.492 e. The van der Waals surface area contributed by atoms with Crippen LogP contribution in [0.25, 0.3) is 0 Å². The van der Waals surface area contributed by atoms with Gasteiger partial charge in [0.05, 0.1) is 18.6 Å². The highest BCUT2D eigenvalue weighted by molar-refractivity contribution is 7.89. The number of methoxy groups -OCH3 is 1. The Morgan fingerprint density at radius 2 is 2.04 bits per heavy atom. The first kappa shape index (κ1) is 17.7. The van der Waals surface area contributed by atoms with E-state index < -0.39 is 16.0 Å². The Bertz CT molecular complexity index is 652. The maximum absolute atomic E-state index is 11.9. The van der Waals surface area contributed by atoms with E-state index in [1.54, 1.807) is 0 Å². The lowest BCUT2D eigenvalue weighted by atomic mass is 10.0. The Labute approximate surface area is 136 Å². The number of benzene rings is 1. The van der Waals surface area contributed by atoms with Crippen molar-refractivity contribution in [3.05, 3.63) is 23.8 Å². The standard InChI is InChI=1S/C15H21NO6S/c1-16-23(18,19)12-3-4-14(13(9-12)15(17)20-2)22-10-11-5-7-21-8-6-11/h3-4,9,11,16H,5-8,10H2,1-2H3. The van der Waals surface area contributed by atoms with Crippen LogP contribution < -0.4 is 9.46 Å². The number of ether oxygens (including phenoxy) is 3. The Balaban J connectivity index is 2.22. The molecule has 1 N–H and O–H groups in total. The molecule has 0 aliphatic carbocycles. The first-order valence-electron chi connectivity index (χ1n) is 7.34. The van der Waals surface area contributed by atoms with Crippen molar-refractivity contribution in [3.63, 3.8) is 0 Å². The summed E-state index contributed by atoms with van der Waals surface area (Å²) in [6.07, 6.45) is 1.81. The summed E-state index contributed by atoms with van der Waals surface area (Å²) >= 11 is 0. The van der Waals surface area contributed by atoms with Crippen LogP contribution in [0.1, 0.15) is 23.2 Å². The smallest absolute Gasteiger partial charge is 0.341 e. The second kappa shape index (κ2) is 7.76. The predicted octanol–water partition coefficient (Wildman–Crippen LogP) is 1.19. The normalized spacial score (nSPS) is 16.1. The summed E-state index contributed by atoms with van der Waals surface area (Å²) in [5.41, 5.74) is 0.0934. The molecular weight excluding hydrogens is 322 g/mol. The molecule has 1 heterocycles. The monoisotopic (exact) mass is 343 g/mol. The first-order valence-corrected chi connectivity index (χ1v) is 8.82. The number of hydrogen-bond donors (Lipinski definition) is 1. The lowest BCUT2D eigenvalue weighted by Crippen LogP contribution is -2.22. The second-order valence-electron chi connectivity index (χ2n) is 5.22. The van der Waals surface area contributed by atoms with Gasteiger partial charge < -0.3 is 14.2 Å². The van der Waals surface area contributed by atoms with E-state index >= 15 is 0 Å². The molecule has 1 saturated heterocycles. The zero-order valence-electron chi connectivity index (χ0n) is 13.2. The van der Waals surface area contributed by atoms with Crippen molar-refractivity contribution in [3.8, 4) is 5.75 Å². The van der Waals surface area contributed by atoms with Gasteiger partial charge in [-0.25, -0.2) is 17.9 Å². The topological polar surface area (TPSA) is 90.9 Å². The highest BCUT2D eigenvalue weighted by Gasteiger charge is 2.21. The van der Waals surface area contributed by atoms with Gasteiger partial charge in [-0.1, -0.05) is 0 Å². The minimum Gasteiger partial charge on any atom is -0.492 e. The number of hydrogen-bond acceptors (Lipinski definition) is 6. The van der Waals surface area contributed by atoms with Crippen LogP contribution in [0.2, 0.25) is 0 Å². The van der Waals surface area contributed by atoms with E-state index in [1.807, 2.05) is 0 Å². The zero-order chi connectivity index (χ0) is 16.9. The fourth-order valence-electron chi connectivity index (χ4n) is 2.31. The lowest BCUT2D eigenvalue weighted by Gasteiger charge is -2.22. The van der Waals surface area contributed by atoms with Gasteiger partial charge >= 0.3 is 5.97 Å². The van der Waals surface area contributed by atoms with Crippen molar-refractivity contribution in [1.29, 1.82) is 0 Å². The molecule has 128 valence electrons. The summed E-state index contributed by atoms with van der Waals surface area (Å²) in [5.74, 6) is 0.0356. The number of nitrogens with one attached hydrogen (secondary N) is 1. The fourth-order valence-corrected chi connectivity index (χ4v) is 3.07. The van der Waals surface area contributed by atoms with E-state index in [2.05, 4.69) is 4.72 Å². The highest BCUT2D eigenvalue weighted by atomic mass is 32.2. The van der Waals surface area contributed by atoms with Crippen LogP contribution in [0.3, 0.4) is 0 Å².